The SMILES string of the molecule is CCN(Cc1ccc(OC)c(F)c1)C(=O)C1CNC(=O)C1. The highest BCUT2D eigenvalue weighted by Crippen LogP contribution is 2.20. The van der Waals surface area contributed by atoms with Gasteiger partial charge in [-0.15, -0.1) is 0 Å². The van der Waals surface area contributed by atoms with E-state index < -0.39 is 5.82 Å². The molecule has 1 saturated heterocycles. The lowest BCUT2D eigenvalue weighted by Gasteiger charge is -2.23. The molecule has 114 valence electrons. The van der Waals surface area contributed by atoms with Gasteiger partial charge in [0.2, 0.25) is 11.8 Å². The Labute approximate surface area is 123 Å². The summed E-state index contributed by atoms with van der Waals surface area (Å²) >= 11 is 0. The lowest BCUT2D eigenvalue weighted by molar-refractivity contribution is -0.136. The van der Waals surface area contributed by atoms with Gasteiger partial charge in [-0.1, -0.05) is 6.07 Å². The van der Waals surface area contributed by atoms with Crippen molar-refractivity contribution in [1.82, 2.24) is 10.2 Å². The predicted octanol–water partition coefficient (Wildman–Crippen LogP) is 1.32. The number of carbonyl (C=O) groups is 2. The zero-order chi connectivity index (χ0) is 15.4. The molecule has 1 aliphatic rings. The van der Waals surface area contributed by atoms with Crippen LogP contribution < -0.4 is 10.1 Å². The third-order valence-electron chi connectivity index (χ3n) is 3.61. The molecule has 1 heterocycles. The highest BCUT2D eigenvalue weighted by Gasteiger charge is 2.30. The maximum atomic E-state index is 13.7. The van der Waals surface area contributed by atoms with Gasteiger partial charge in [0.1, 0.15) is 0 Å². The summed E-state index contributed by atoms with van der Waals surface area (Å²) in [6.07, 6.45) is 0.228. The normalized spacial score (nSPS) is 17.5. The van der Waals surface area contributed by atoms with E-state index in [9.17, 15) is 14.0 Å². The van der Waals surface area contributed by atoms with Crippen molar-refractivity contribution in [3.63, 3.8) is 0 Å². The molecule has 1 aliphatic heterocycles. The van der Waals surface area contributed by atoms with Crippen molar-refractivity contribution >= 4 is 11.8 Å². The molecule has 0 radical (unpaired) electrons. The Kier molecular flexibility index (Phi) is 4.77. The monoisotopic (exact) mass is 294 g/mol. The molecular formula is C15H19FN2O3. The van der Waals surface area contributed by atoms with Gasteiger partial charge in [0.25, 0.3) is 0 Å². The first kappa shape index (κ1) is 15.3. The van der Waals surface area contributed by atoms with E-state index in [-0.39, 0.29) is 29.9 Å². The Morgan fingerprint density at radius 2 is 2.29 bits per heavy atom. The lowest BCUT2D eigenvalue weighted by Crippen LogP contribution is -2.36. The lowest BCUT2D eigenvalue weighted by atomic mass is 10.1. The number of hydrogen-bond donors (Lipinski definition) is 1. The predicted molar refractivity (Wildman–Crippen MR) is 75.2 cm³/mol. The number of methoxy groups -OCH3 is 1. The van der Waals surface area contributed by atoms with Gasteiger partial charge >= 0.3 is 0 Å². The largest absolute Gasteiger partial charge is 0.494 e. The number of amides is 2. The summed E-state index contributed by atoms with van der Waals surface area (Å²) in [6, 6.07) is 4.65. The van der Waals surface area contributed by atoms with Crippen LogP contribution in [0.15, 0.2) is 18.2 Å². The number of nitrogens with one attached hydrogen (secondary N) is 1. The second-order valence-corrected chi connectivity index (χ2v) is 5.03. The number of hydrogen-bond acceptors (Lipinski definition) is 3. The second kappa shape index (κ2) is 6.56. The summed E-state index contributed by atoms with van der Waals surface area (Å²) in [5, 5.41) is 2.65. The number of rotatable bonds is 5. The molecule has 2 amide bonds. The van der Waals surface area contributed by atoms with Crippen LogP contribution in [0.3, 0.4) is 0 Å². The molecule has 1 aromatic carbocycles. The Hall–Kier alpha value is -2.11. The van der Waals surface area contributed by atoms with Crippen molar-refractivity contribution < 1.29 is 18.7 Å². The molecule has 0 aromatic heterocycles. The van der Waals surface area contributed by atoms with Gasteiger partial charge in [-0.2, -0.15) is 0 Å². The molecule has 21 heavy (non-hydrogen) atoms. The van der Waals surface area contributed by atoms with Crippen LogP contribution in [-0.2, 0) is 16.1 Å². The third kappa shape index (κ3) is 3.51. The van der Waals surface area contributed by atoms with Gasteiger partial charge in [-0.3, -0.25) is 9.59 Å². The van der Waals surface area contributed by atoms with Crippen molar-refractivity contribution in [2.75, 3.05) is 20.2 Å². The maximum Gasteiger partial charge on any atom is 0.228 e. The molecule has 1 aromatic rings. The number of halogens is 1. The zero-order valence-electron chi connectivity index (χ0n) is 12.2. The highest BCUT2D eigenvalue weighted by molar-refractivity contribution is 5.89. The zero-order valence-corrected chi connectivity index (χ0v) is 12.2. The summed E-state index contributed by atoms with van der Waals surface area (Å²) in [6.45, 7) is 3.07. The molecule has 1 N–H and O–H groups in total. The Balaban J connectivity index is 2.06. The minimum Gasteiger partial charge on any atom is -0.494 e. The molecule has 5 nitrogen and oxygen atoms in total. The molecule has 1 fully saturated rings. The van der Waals surface area contributed by atoms with Crippen molar-refractivity contribution in [1.29, 1.82) is 0 Å². The van der Waals surface area contributed by atoms with Crippen molar-refractivity contribution in [3.05, 3.63) is 29.6 Å². The summed E-state index contributed by atoms with van der Waals surface area (Å²) in [4.78, 5) is 25.2. The van der Waals surface area contributed by atoms with Crippen LogP contribution in [0.5, 0.6) is 5.75 Å². The van der Waals surface area contributed by atoms with Gasteiger partial charge in [0.15, 0.2) is 11.6 Å². The number of benzene rings is 1. The summed E-state index contributed by atoms with van der Waals surface area (Å²) in [7, 11) is 1.41. The van der Waals surface area contributed by atoms with Crippen molar-refractivity contribution in [3.8, 4) is 5.75 Å². The number of carbonyl (C=O) groups excluding carboxylic acids is 2. The second-order valence-electron chi connectivity index (χ2n) is 5.03. The van der Waals surface area contributed by atoms with Crippen LogP contribution >= 0.6 is 0 Å². The van der Waals surface area contributed by atoms with Gasteiger partial charge in [0, 0.05) is 26.1 Å². The van der Waals surface area contributed by atoms with Gasteiger partial charge in [-0.05, 0) is 24.6 Å². The molecule has 0 aliphatic carbocycles. The van der Waals surface area contributed by atoms with E-state index in [0.717, 1.165) is 0 Å². The van der Waals surface area contributed by atoms with E-state index in [0.29, 0.717) is 25.2 Å². The first-order chi connectivity index (χ1) is 10.0. The fraction of sp³-hybridized carbons (Fsp3) is 0.467. The fourth-order valence-corrected chi connectivity index (χ4v) is 2.41. The first-order valence-corrected chi connectivity index (χ1v) is 6.93. The van der Waals surface area contributed by atoms with Gasteiger partial charge in [-0.25, -0.2) is 4.39 Å². The Morgan fingerprint density at radius 3 is 2.81 bits per heavy atom. The van der Waals surface area contributed by atoms with Crippen LogP contribution in [0.2, 0.25) is 0 Å². The molecule has 0 spiro atoms. The minimum atomic E-state index is -0.448. The number of nitrogens with zero attached hydrogens (tertiary/aromatic N) is 1. The fourth-order valence-electron chi connectivity index (χ4n) is 2.41. The third-order valence-corrected chi connectivity index (χ3v) is 3.61. The van der Waals surface area contributed by atoms with Crippen LogP contribution in [0.25, 0.3) is 0 Å². The molecular weight excluding hydrogens is 275 g/mol. The topological polar surface area (TPSA) is 58.6 Å². The summed E-state index contributed by atoms with van der Waals surface area (Å²) in [5.41, 5.74) is 0.695. The van der Waals surface area contributed by atoms with Crippen molar-refractivity contribution in [2.45, 2.75) is 19.9 Å². The smallest absolute Gasteiger partial charge is 0.228 e. The van der Waals surface area contributed by atoms with E-state index >= 15 is 0 Å². The van der Waals surface area contributed by atoms with Gasteiger partial charge in [0.05, 0.1) is 13.0 Å². The average Bonchev–Trinajstić information content (AvgIpc) is 2.91. The Bertz CT molecular complexity index is 548. The first-order valence-electron chi connectivity index (χ1n) is 6.93. The van der Waals surface area contributed by atoms with E-state index in [1.54, 1.807) is 17.0 Å². The maximum absolute atomic E-state index is 13.7. The highest BCUT2D eigenvalue weighted by atomic mass is 19.1. The molecule has 0 saturated carbocycles. The Morgan fingerprint density at radius 1 is 1.52 bits per heavy atom. The van der Waals surface area contributed by atoms with E-state index in [4.69, 9.17) is 4.74 Å². The van der Waals surface area contributed by atoms with Crippen LogP contribution in [0, 0.1) is 11.7 Å². The quantitative estimate of drug-likeness (QED) is 0.891. The van der Waals surface area contributed by atoms with Crippen LogP contribution in [0.1, 0.15) is 18.9 Å². The molecule has 1 unspecified atom stereocenters. The summed E-state index contributed by atoms with van der Waals surface area (Å²) < 4.78 is 18.5. The molecule has 1 atom stereocenters. The van der Waals surface area contributed by atoms with E-state index in [2.05, 4.69) is 5.32 Å². The molecule has 0 bridgehead atoms. The van der Waals surface area contributed by atoms with Gasteiger partial charge < -0.3 is 15.0 Å². The van der Waals surface area contributed by atoms with E-state index in [1.165, 1.54) is 13.2 Å². The van der Waals surface area contributed by atoms with Crippen LogP contribution in [-0.4, -0.2) is 36.9 Å². The average molecular weight is 294 g/mol. The number of ether oxygens (including phenoxy) is 1. The summed E-state index contributed by atoms with van der Waals surface area (Å²) in [5.74, 6) is -0.762. The van der Waals surface area contributed by atoms with E-state index in [1.807, 2.05) is 6.92 Å². The standard InChI is InChI=1S/C15H19FN2O3/c1-3-18(15(20)11-7-14(19)17-8-11)9-10-4-5-13(21-2)12(16)6-10/h4-6,11H,3,7-9H2,1-2H3,(H,17,19). The van der Waals surface area contributed by atoms with Crippen molar-refractivity contribution in [2.24, 2.45) is 5.92 Å². The molecule has 6 heteroatoms. The van der Waals surface area contributed by atoms with Crippen LogP contribution in [0.4, 0.5) is 4.39 Å². The minimum absolute atomic E-state index is 0.0768. The molecule has 2 rings (SSSR count).